The summed E-state index contributed by atoms with van der Waals surface area (Å²) in [4.78, 5) is 18.3. The number of aromatic nitrogens is 3. The van der Waals surface area contributed by atoms with Crippen LogP contribution in [0.5, 0.6) is 5.75 Å². The number of pyridine rings is 1. The minimum Gasteiger partial charge on any atom is -0.487 e. The van der Waals surface area contributed by atoms with E-state index >= 15 is 0 Å². The van der Waals surface area contributed by atoms with E-state index in [0.717, 1.165) is 12.2 Å². The largest absolute Gasteiger partial charge is 0.487 e. The van der Waals surface area contributed by atoms with E-state index in [1.165, 1.54) is 0 Å². The molecule has 0 radical (unpaired) electrons. The molecule has 110 valence electrons. The van der Waals surface area contributed by atoms with E-state index in [1.807, 2.05) is 24.0 Å². The highest BCUT2D eigenvalue weighted by Gasteiger charge is 2.29. The minimum absolute atomic E-state index is 0.0200. The van der Waals surface area contributed by atoms with E-state index < -0.39 is 0 Å². The first-order chi connectivity index (χ1) is 10.3. The molecular weight excluding hydrogens is 268 g/mol. The number of nitrogens with zero attached hydrogens (tertiary/aromatic N) is 4. The third-order valence-electron chi connectivity index (χ3n) is 3.60. The van der Waals surface area contributed by atoms with Crippen LogP contribution in [0.2, 0.25) is 0 Å². The van der Waals surface area contributed by atoms with Crippen LogP contribution in [0.15, 0.2) is 36.8 Å². The highest BCUT2D eigenvalue weighted by Crippen LogP contribution is 2.19. The Bertz CT molecular complexity index is 611. The lowest BCUT2D eigenvalue weighted by Crippen LogP contribution is -2.32. The molecule has 2 aromatic rings. The molecule has 6 heteroatoms. The van der Waals surface area contributed by atoms with Crippen LogP contribution < -0.4 is 4.74 Å². The van der Waals surface area contributed by atoms with Crippen LogP contribution in [-0.2, 0) is 6.54 Å². The molecule has 0 spiro atoms. The van der Waals surface area contributed by atoms with Gasteiger partial charge in [0.1, 0.15) is 17.5 Å². The van der Waals surface area contributed by atoms with E-state index in [9.17, 15) is 4.79 Å². The van der Waals surface area contributed by atoms with Gasteiger partial charge < -0.3 is 9.64 Å². The molecule has 3 heterocycles. The summed E-state index contributed by atoms with van der Waals surface area (Å²) < 4.78 is 7.57. The number of hydrogen-bond acceptors (Lipinski definition) is 4. The summed E-state index contributed by atoms with van der Waals surface area (Å²) in [7, 11) is 0. The number of amides is 1. The molecule has 21 heavy (non-hydrogen) atoms. The van der Waals surface area contributed by atoms with Crippen molar-refractivity contribution in [3.63, 3.8) is 0 Å². The molecule has 0 bridgehead atoms. The van der Waals surface area contributed by atoms with Crippen molar-refractivity contribution in [1.29, 1.82) is 0 Å². The van der Waals surface area contributed by atoms with E-state index in [0.29, 0.717) is 25.3 Å². The molecule has 3 rings (SSSR count). The molecule has 0 N–H and O–H groups in total. The molecule has 6 nitrogen and oxygen atoms in total. The zero-order valence-electron chi connectivity index (χ0n) is 12.0. The lowest BCUT2D eigenvalue weighted by Gasteiger charge is -2.17. The Hall–Kier alpha value is -2.37. The van der Waals surface area contributed by atoms with Gasteiger partial charge in [-0.05, 0) is 25.1 Å². The van der Waals surface area contributed by atoms with Gasteiger partial charge in [0.25, 0.3) is 5.91 Å². The second-order valence-electron chi connectivity index (χ2n) is 5.00. The maximum Gasteiger partial charge on any atom is 0.272 e. The second kappa shape index (κ2) is 5.95. The van der Waals surface area contributed by atoms with Gasteiger partial charge in [-0.2, -0.15) is 5.10 Å². The van der Waals surface area contributed by atoms with Gasteiger partial charge in [0.05, 0.1) is 12.7 Å². The van der Waals surface area contributed by atoms with Crippen LogP contribution >= 0.6 is 0 Å². The van der Waals surface area contributed by atoms with Crippen molar-refractivity contribution in [2.45, 2.75) is 26.0 Å². The van der Waals surface area contributed by atoms with Crippen molar-refractivity contribution in [3.05, 3.63) is 42.5 Å². The first-order valence-corrected chi connectivity index (χ1v) is 7.15. The Morgan fingerprint density at radius 3 is 3.10 bits per heavy atom. The monoisotopic (exact) mass is 286 g/mol. The molecule has 0 aromatic carbocycles. The van der Waals surface area contributed by atoms with E-state index in [-0.39, 0.29) is 12.0 Å². The Morgan fingerprint density at radius 2 is 2.33 bits per heavy atom. The fourth-order valence-electron chi connectivity index (χ4n) is 2.55. The molecule has 1 amide bonds. The summed E-state index contributed by atoms with van der Waals surface area (Å²) in [6, 6.07) is 5.48. The van der Waals surface area contributed by atoms with Crippen LogP contribution in [0.25, 0.3) is 0 Å². The zero-order valence-corrected chi connectivity index (χ0v) is 12.0. The Balaban J connectivity index is 1.63. The first-order valence-electron chi connectivity index (χ1n) is 7.15. The number of ether oxygens (including phenoxy) is 1. The zero-order chi connectivity index (χ0) is 14.7. The van der Waals surface area contributed by atoms with Gasteiger partial charge >= 0.3 is 0 Å². The van der Waals surface area contributed by atoms with E-state index in [1.54, 1.807) is 29.3 Å². The predicted molar refractivity (Wildman–Crippen MR) is 77.1 cm³/mol. The quantitative estimate of drug-likeness (QED) is 0.856. The van der Waals surface area contributed by atoms with Crippen LogP contribution in [0, 0.1) is 0 Å². The first kappa shape index (κ1) is 13.6. The molecule has 1 fully saturated rings. The van der Waals surface area contributed by atoms with Gasteiger partial charge in [-0.25, -0.2) is 0 Å². The average Bonchev–Trinajstić information content (AvgIpc) is 3.16. The lowest BCUT2D eigenvalue weighted by atomic mass is 10.3. The number of aryl methyl sites for hydroxylation is 1. The van der Waals surface area contributed by atoms with Gasteiger partial charge in [-0.15, -0.1) is 0 Å². The third kappa shape index (κ3) is 2.89. The van der Waals surface area contributed by atoms with Crippen molar-refractivity contribution in [1.82, 2.24) is 19.7 Å². The normalized spacial score (nSPS) is 18.0. The van der Waals surface area contributed by atoms with Crippen LogP contribution in [-0.4, -0.2) is 44.8 Å². The third-order valence-corrected chi connectivity index (χ3v) is 3.60. The smallest absolute Gasteiger partial charge is 0.272 e. The highest BCUT2D eigenvalue weighted by molar-refractivity contribution is 5.92. The Kier molecular flexibility index (Phi) is 3.85. The van der Waals surface area contributed by atoms with Gasteiger partial charge in [0.2, 0.25) is 0 Å². The molecule has 1 saturated heterocycles. The summed E-state index contributed by atoms with van der Waals surface area (Å²) in [5, 5.41) is 4.14. The highest BCUT2D eigenvalue weighted by atomic mass is 16.5. The van der Waals surface area contributed by atoms with Crippen molar-refractivity contribution in [2.75, 3.05) is 13.1 Å². The molecule has 1 atom stereocenters. The molecule has 0 saturated carbocycles. The Labute approximate surface area is 123 Å². The fraction of sp³-hybridized carbons (Fsp3) is 0.400. The number of rotatable bonds is 4. The minimum atomic E-state index is 0.0200. The summed E-state index contributed by atoms with van der Waals surface area (Å²) in [6.45, 7) is 3.97. The van der Waals surface area contributed by atoms with Crippen molar-refractivity contribution in [3.8, 4) is 5.75 Å². The molecular formula is C15H18N4O2. The number of likely N-dealkylation sites (tertiary alicyclic amines) is 1. The summed E-state index contributed by atoms with van der Waals surface area (Å²) in [5.41, 5.74) is 0.638. The number of carbonyl (C=O) groups is 1. The molecule has 0 aliphatic carbocycles. The summed E-state index contributed by atoms with van der Waals surface area (Å²) >= 11 is 0. The molecule has 1 unspecified atom stereocenters. The second-order valence-corrected chi connectivity index (χ2v) is 5.00. The average molecular weight is 286 g/mol. The van der Waals surface area contributed by atoms with Crippen molar-refractivity contribution < 1.29 is 9.53 Å². The van der Waals surface area contributed by atoms with E-state index in [2.05, 4.69) is 10.1 Å². The fourth-order valence-corrected chi connectivity index (χ4v) is 2.55. The topological polar surface area (TPSA) is 60.2 Å². The van der Waals surface area contributed by atoms with Crippen molar-refractivity contribution in [2.24, 2.45) is 0 Å². The molecule has 2 aromatic heterocycles. The van der Waals surface area contributed by atoms with Crippen LogP contribution in [0.3, 0.4) is 0 Å². The van der Waals surface area contributed by atoms with E-state index in [4.69, 9.17) is 4.74 Å². The van der Waals surface area contributed by atoms with Gasteiger partial charge in [-0.1, -0.05) is 0 Å². The van der Waals surface area contributed by atoms with Gasteiger partial charge in [-0.3, -0.25) is 14.5 Å². The van der Waals surface area contributed by atoms with Crippen molar-refractivity contribution >= 4 is 5.91 Å². The maximum absolute atomic E-state index is 12.5. The number of hydrogen-bond donors (Lipinski definition) is 0. The SMILES string of the molecule is CCn1nccc1C(=O)N1CCC(Oc2cccnc2)C1. The maximum atomic E-state index is 12.5. The van der Waals surface area contributed by atoms with Gasteiger partial charge in [0, 0.05) is 31.9 Å². The lowest BCUT2D eigenvalue weighted by molar-refractivity contribution is 0.0760. The van der Waals surface area contributed by atoms with Crippen LogP contribution in [0.4, 0.5) is 0 Å². The Morgan fingerprint density at radius 1 is 1.43 bits per heavy atom. The molecule has 1 aliphatic rings. The predicted octanol–water partition coefficient (Wildman–Crippen LogP) is 1.59. The molecule has 1 aliphatic heterocycles. The van der Waals surface area contributed by atoms with Gasteiger partial charge in [0.15, 0.2) is 0 Å². The van der Waals surface area contributed by atoms with Crippen LogP contribution in [0.1, 0.15) is 23.8 Å². The summed E-state index contributed by atoms with van der Waals surface area (Å²) in [5.74, 6) is 0.766. The standard InChI is InChI=1S/C15H18N4O2/c1-2-19-14(5-8-17-19)15(20)18-9-6-13(11-18)21-12-4-3-7-16-10-12/h3-5,7-8,10,13H,2,6,9,11H2,1H3. The number of carbonyl (C=O) groups excluding carboxylic acids is 1. The summed E-state index contributed by atoms with van der Waals surface area (Å²) in [6.07, 6.45) is 5.92.